The van der Waals surface area contributed by atoms with Crippen LogP contribution in [0.1, 0.15) is 24.0 Å². The Morgan fingerprint density at radius 3 is 2.70 bits per heavy atom. The summed E-state index contributed by atoms with van der Waals surface area (Å²) in [7, 11) is 0. The number of carbonyl (C=O) groups excluding carboxylic acids is 1. The van der Waals surface area contributed by atoms with Crippen LogP contribution in [0.4, 0.5) is 4.39 Å². The van der Waals surface area contributed by atoms with Crippen molar-refractivity contribution in [1.82, 2.24) is 0 Å². The van der Waals surface area contributed by atoms with E-state index in [1.165, 1.54) is 12.1 Å². The predicted molar refractivity (Wildman–Crippen MR) is 74.9 cm³/mol. The van der Waals surface area contributed by atoms with Crippen molar-refractivity contribution in [2.24, 2.45) is 0 Å². The number of ether oxygens (including phenoxy) is 1. The summed E-state index contributed by atoms with van der Waals surface area (Å²) in [5.74, 6) is 0.557. The number of fused-ring (bicyclic) bond motifs is 1. The molecule has 0 spiro atoms. The van der Waals surface area contributed by atoms with E-state index in [1.807, 2.05) is 24.3 Å². The highest BCUT2D eigenvalue weighted by molar-refractivity contribution is 5.89. The molecule has 0 fully saturated rings. The van der Waals surface area contributed by atoms with Crippen molar-refractivity contribution >= 4 is 11.9 Å². The van der Waals surface area contributed by atoms with Crippen molar-refractivity contribution in [2.45, 2.75) is 12.8 Å². The molecule has 1 atom stereocenters. The lowest BCUT2D eigenvalue weighted by molar-refractivity contribution is -0.108. The summed E-state index contributed by atoms with van der Waals surface area (Å²) in [6, 6.07) is 13.6. The molecule has 3 heteroatoms. The second-order valence-corrected chi connectivity index (χ2v) is 4.73. The van der Waals surface area contributed by atoms with Gasteiger partial charge in [-0.15, -0.1) is 0 Å². The van der Waals surface area contributed by atoms with Crippen LogP contribution < -0.4 is 4.74 Å². The molecular formula is C17H13FO2. The third-order valence-electron chi connectivity index (χ3n) is 3.48. The topological polar surface area (TPSA) is 26.3 Å². The van der Waals surface area contributed by atoms with Gasteiger partial charge in [-0.2, -0.15) is 0 Å². The van der Waals surface area contributed by atoms with Gasteiger partial charge in [0.05, 0.1) is 5.92 Å². The largest absolute Gasteiger partial charge is 0.461 e. The van der Waals surface area contributed by atoms with Gasteiger partial charge in [0.2, 0.25) is 0 Å². The molecule has 1 aliphatic heterocycles. The van der Waals surface area contributed by atoms with Gasteiger partial charge in [-0.25, -0.2) is 4.39 Å². The Morgan fingerprint density at radius 1 is 1.15 bits per heavy atom. The summed E-state index contributed by atoms with van der Waals surface area (Å²) in [4.78, 5) is 11.6. The number of rotatable bonds is 2. The zero-order valence-electron chi connectivity index (χ0n) is 11.0. The van der Waals surface area contributed by atoms with E-state index >= 15 is 0 Å². The molecule has 0 amide bonds. The summed E-state index contributed by atoms with van der Waals surface area (Å²) in [5, 5.41) is 0. The summed E-state index contributed by atoms with van der Waals surface area (Å²) in [6.45, 7) is 1.80. The van der Waals surface area contributed by atoms with Gasteiger partial charge in [-0.1, -0.05) is 30.3 Å². The van der Waals surface area contributed by atoms with Crippen molar-refractivity contribution < 1.29 is 13.9 Å². The first-order valence-corrected chi connectivity index (χ1v) is 6.39. The first-order valence-electron chi connectivity index (χ1n) is 6.39. The highest BCUT2D eigenvalue weighted by Crippen LogP contribution is 2.42. The maximum atomic E-state index is 13.4. The van der Waals surface area contributed by atoms with Gasteiger partial charge in [-0.3, -0.25) is 0 Å². The van der Waals surface area contributed by atoms with Crippen LogP contribution in [0.5, 0.6) is 5.75 Å². The fourth-order valence-corrected chi connectivity index (χ4v) is 2.60. The quantitative estimate of drug-likeness (QED) is 0.771. The van der Waals surface area contributed by atoms with E-state index in [0.717, 1.165) is 17.4 Å². The number of allylic oxidation sites excluding steroid dienone is 2. The molecule has 20 heavy (non-hydrogen) atoms. The molecule has 2 nitrogen and oxygen atoms in total. The molecule has 0 saturated carbocycles. The molecule has 0 N–H and O–H groups in total. The molecule has 0 aliphatic carbocycles. The van der Waals surface area contributed by atoms with E-state index in [0.29, 0.717) is 17.1 Å². The number of hydrogen-bond acceptors (Lipinski definition) is 2. The van der Waals surface area contributed by atoms with E-state index < -0.39 is 5.92 Å². The Kier molecular flexibility index (Phi) is 3.11. The molecular weight excluding hydrogens is 255 g/mol. The Labute approximate surface area is 116 Å². The van der Waals surface area contributed by atoms with Gasteiger partial charge >= 0.3 is 0 Å². The van der Waals surface area contributed by atoms with Crippen LogP contribution in [-0.2, 0) is 4.79 Å². The van der Waals surface area contributed by atoms with Crippen LogP contribution in [0.2, 0.25) is 0 Å². The minimum atomic E-state index is -0.429. The lowest BCUT2D eigenvalue weighted by Gasteiger charge is -2.26. The molecule has 0 bridgehead atoms. The normalized spacial score (nSPS) is 17.4. The second-order valence-electron chi connectivity index (χ2n) is 4.73. The fraction of sp³-hybridized carbons (Fsp3) is 0.118. The maximum absolute atomic E-state index is 13.4. The lowest BCUT2D eigenvalue weighted by Crippen LogP contribution is -2.14. The van der Waals surface area contributed by atoms with Crippen LogP contribution in [0.3, 0.4) is 0 Å². The smallest absolute Gasteiger partial charge is 0.132 e. The number of carbonyl (C=O) groups is 1. The minimum Gasteiger partial charge on any atom is -0.461 e. The van der Waals surface area contributed by atoms with Crippen molar-refractivity contribution in [3.8, 4) is 5.75 Å². The molecule has 0 aromatic heterocycles. The van der Waals surface area contributed by atoms with E-state index in [-0.39, 0.29) is 5.82 Å². The summed E-state index contributed by atoms with van der Waals surface area (Å²) >= 11 is 0. The monoisotopic (exact) mass is 268 g/mol. The molecule has 3 rings (SSSR count). The summed E-state index contributed by atoms with van der Waals surface area (Å²) < 4.78 is 19.2. The number of halogens is 1. The van der Waals surface area contributed by atoms with Gasteiger partial charge in [0.25, 0.3) is 0 Å². The molecule has 0 saturated heterocycles. The van der Waals surface area contributed by atoms with E-state index in [1.54, 1.807) is 19.1 Å². The first kappa shape index (κ1) is 12.6. The van der Waals surface area contributed by atoms with E-state index in [2.05, 4.69) is 0 Å². The first-order chi connectivity index (χ1) is 9.70. The van der Waals surface area contributed by atoms with Crippen molar-refractivity contribution in [3.05, 3.63) is 71.2 Å². The number of aldehydes is 1. The highest BCUT2D eigenvalue weighted by Gasteiger charge is 2.28. The van der Waals surface area contributed by atoms with E-state index in [4.69, 9.17) is 4.74 Å². The zero-order chi connectivity index (χ0) is 14.1. The van der Waals surface area contributed by atoms with Gasteiger partial charge in [-0.05, 0) is 30.7 Å². The average molecular weight is 268 g/mol. The summed E-state index contributed by atoms with van der Waals surface area (Å²) in [5.41, 5.74) is 2.21. The van der Waals surface area contributed by atoms with Crippen LogP contribution in [0, 0.1) is 5.82 Å². The van der Waals surface area contributed by atoms with Crippen molar-refractivity contribution in [3.63, 3.8) is 0 Å². The average Bonchev–Trinajstić information content (AvgIpc) is 2.45. The zero-order valence-corrected chi connectivity index (χ0v) is 11.0. The fourth-order valence-electron chi connectivity index (χ4n) is 2.60. The molecule has 100 valence electrons. The molecule has 0 radical (unpaired) electrons. The van der Waals surface area contributed by atoms with Gasteiger partial charge in [0, 0.05) is 11.1 Å². The van der Waals surface area contributed by atoms with Crippen LogP contribution in [-0.4, -0.2) is 6.29 Å². The van der Waals surface area contributed by atoms with Gasteiger partial charge in [0.15, 0.2) is 0 Å². The standard InChI is InChI=1S/C17H13FO2/c1-11-17(12-5-4-6-13(18)9-12)15(10-19)14-7-2-3-8-16(14)20-11/h2-10,15H,1H3. The number of hydrogen-bond donors (Lipinski definition) is 0. The lowest BCUT2D eigenvalue weighted by atomic mass is 9.85. The van der Waals surface area contributed by atoms with Crippen molar-refractivity contribution in [2.75, 3.05) is 0 Å². The number of para-hydroxylation sites is 1. The minimum absolute atomic E-state index is 0.327. The third kappa shape index (κ3) is 2.01. The second kappa shape index (κ2) is 4.93. The molecule has 1 heterocycles. The Balaban J connectivity index is 2.17. The Morgan fingerprint density at radius 2 is 1.95 bits per heavy atom. The SMILES string of the molecule is CC1=C(c2cccc(F)c2)C(C=O)c2ccccc2O1. The van der Waals surface area contributed by atoms with Crippen molar-refractivity contribution in [1.29, 1.82) is 0 Å². The molecule has 1 unspecified atom stereocenters. The Bertz CT molecular complexity index is 704. The van der Waals surface area contributed by atoms with Crippen LogP contribution in [0.15, 0.2) is 54.3 Å². The van der Waals surface area contributed by atoms with Gasteiger partial charge < -0.3 is 9.53 Å². The maximum Gasteiger partial charge on any atom is 0.132 e. The summed E-state index contributed by atoms with van der Waals surface area (Å²) in [6.07, 6.45) is 0.880. The predicted octanol–water partition coefficient (Wildman–Crippen LogP) is 3.93. The van der Waals surface area contributed by atoms with E-state index in [9.17, 15) is 9.18 Å². The van der Waals surface area contributed by atoms with Gasteiger partial charge in [0.1, 0.15) is 23.6 Å². The highest BCUT2D eigenvalue weighted by atomic mass is 19.1. The Hall–Kier alpha value is -2.42. The number of benzene rings is 2. The molecule has 2 aromatic carbocycles. The third-order valence-corrected chi connectivity index (χ3v) is 3.48. The van der Waals surface area contributed by atoms with Crippen LogP contribution >= 0.6 is 0 Å². The molecule has 1 aliphatic rings. The van der Waals surface area contributed by atoms with Crippen LogP contribution in [0.25, 0.3) is 5.57 Å². The molecule has 2 aromatic rings.